The Bertz CT molecular complexity index is 1400. The monoisotopic (exact) mass is 683 g/mol. The Morgan fingerprint density at radius 1 is 1.11 bits per heavy atom. The van der Waals surface area contributed by atoms with Crippen LogP contribution in [0.5, 0.6) is 0 Å². The van der Waals surface area contributed by atoms with E-state index in [1.165, 1.54) is 0 Å². The number of alkyl halides is 1. The number of aryl methyl sites for hydroxylation is 1. The Hall–Kier alpha value is -2.98. The first-order valence-corrected chi connectivity index (χ1v) is 16.3. The number of carbonyl (C=O) groups excluding carboxylic acids is 3. The van der Waals surface area contributed by atoms with Crippen molar-refractivity contribution in [2.45, 2.75) is 55.3 Å². The summed E-state index contributed by atoms with van der Waals surface area (Å²) in [5, 5.41) is 9.91. The largest absolute Gasteiger partial charge is 0.396 e. The minimum atomic E-state index is -1.21. The second kappa shape index (κ2) is 13.6. The smallest absolute Gasteiger partial charge is 0.253 e. The number of likely N-dealkylation sites (tertiary alicyclic amines) is 1. The lowest BCUT2D eigenvalue weighted by atomic mass is 9.70. The van der Waals surface area contributed by atoms with Gasteiger partial charge in [-0.15, -0.1) is 13.2 Å². The number of aliphatic hydroxyl groups excluding tert-OH is 1. The third-order valence-electron chi connectivity index (χ3n) is 9.03. The maximum Gasteiger partial charge on any atom is 0.253 e. The van der Waals surface area contributed by atoms with Gasteiger partial charge in [-0.2, -0.15) is 0 Å². The van der Waals surface area contributed by atoms with Crippen LogP contribution in [-0.4, -0.2) is 81.4 Å². The van der Waals surface area contributed by atoms with Crippen molar-refractivity contribution >= 4 is 50.9 Å². The molecule has 0 aliphatic carbocycles. The first-order valence-electron chi connectivity index (χ1n) is 15.0. The number of ether oxygens (including phenoxy) is 1. The highest BCUT2D eigenvalue weighted by molar-refractivity contribution is 9.09. The van der Waals surface area contributed by atoms with Crippen LogP contribution in [0, 0.1) is 18.8 Å². The molecule has 0 aromatic heterocycles. The van der Waals surface area contributed by atoms with E-state index in [4.69, 9.17) is 16.3 Å². The maximum absolute atomic E-state index is 14.8. The third-order valence-corrected chi connectivity index (χ3v) is 10.2. The van der Waals surface area contributed by atoms with Crippen LogP contribution in [0.3, 0.4) is 0 Å². The SMILES string of the molecule is C=CCN(Cc1ccccc1)C(=O)[C@H]1[C@H]2C(=O)N(CCCCO)C(C(=O)N(CC=C)c3c(C)cccc3Cl)C23CC(Br)[C@@H]1O3. The van der Waals surface area contributed by atoms with Crippen LogP contribution < -0.4 is 4.90 Å². The summed E-state index contributed by atoms with van der Waals surface area (Å²) in [6.07, 6.45) is 4.10. The average molecular weight is 685 g/mol. The zero-order chi connectivity index (χ0) is 31.6. The second-order valence-electron chi connectivity index (χ2n) is 11.8. The van der Waals surface area contributed by atoms with E-state index < -0.39 is 29.6 Å². The number of carbonyl (C=O) groups is 3. The van der Waals surface area contributed by atoms with Crippen molar-refractivity contribution in [1.82, 2.24) is 9.80 Å². The molecule has 2 aromatic carbocycles. The van der Waals surface area contributed by atoms with Crippen molar-refractivity contribution in [2.75, 3.05) is 31.1 Å². The molecular weight excluding hydrogens is 646 g/mol. The van der Waals surface area contributed by atoms with Gasteiger partial charge in [0.1, 0.15) is 11.6 Å². The highest BCUT2D eigenvalue weighted by atomic mass is 79.9. The molecule has 0 saturated carbocycles. The van der Waals surface area contributed by atoms with Gasteiger partial charge in [0.05, 0.1) is 28.6 Å². The fourth-order valence-electron chi connectivity index (χ4n) is 7.26. The molecule has 5 rings (SSSR count). The Labute approximate surface area is 272 Å². The van der Waals surface area contributed by atoms with Crippen molar-refractivity contribution in [1.29, 1.82) is 0 Å². The summed E-state index contributed by atoms with van der Waals surface area (Å²) >= 11 is 10.4. The molecule has 3 fully saturated rings. The van der Waals surface area contributed by atoms with Crippen LogP contribution in [0.2, 0.25) is 5.02 Å². The predicted molar refractivity (Wildman–Crippen MR) is 175 cm³/mol. The number of hydrogen-bond donors (Lipinski definition) is 1. The Kier molecular flexibility index (Phi) is 9.99. The summed E-state index contributed by atoms with van der Waals surface area (Å²) < 4.78 is 6.74. The molecule has 3 aliphatic heterocycles. The van der Waals surface area contributed by atoms with Crippen molar-refractivity contribution in [2.24, 2.45) is 11.8 Å². The van der Waals surface area contributed by atoms with E-state index >= 15 is 0 Å². The summed E-state index contributed by atoms with van der Waals surface area (Å²) in [5.74, 6) is -2.41. The van der Waals surface area contributed by atoms with Crippen molar-refractivity contribution < 1.29 is 24.2 Å². The van der Waals surface area contributed by atoms with Crippen molar-refractivity contribution in [3.8, 4) is 0 Å². The quantitative estimate of drug-likeness (QED) is 0.184. The first kappa shape index (κ1) is 32.4. The Morgan fingerprint density at radius 3 is 2.50 bits per heavy atom. The molecule has 2 bridgehead atoms. The highest BCUT2D eigenvalue weighted by Crippen LogP contribution is 2.60. The zero-order valence-corrected chi connectivity index (χ0v) is 27.3. The van der Waals surface area contributed by atoms with Gasteiger partial charge < -0.3 is 24.5 Å². The van der Waals surface area contributed by atoms with Gasteiger partial charge in [0.15, 0.2) is 0 Å². The van der Waals surface area contributed by atoms with E-state index in [1.807, 2.05) is 49.4 Å². The van der Waals surface area contributed by atoms with Crippen molar-refractivity contribution in [3.05, 3.63) is 90.0 Å². The number of amides is 3. The lowest BCUT2D eigenvalue weighted by Crippen LogP contribution is -2.57. The lowest BCUT2D eigenvalue weighted by molar-refractivity contribution is -0.145. The van der Waals surface area contributed by atoms with E-state index in [1.54, 1.807) is 32.9 Å². The van der Waals surface area contributed by atoms with E-state index in [2.05, 4.69) is 29.1 Å². The molecule has 10 heteroatoms. The number of rotatable bonds is 13. The van der Waals surface area contributed by atoms with Crippen LogP contribution in [0.4, 0.5) is 5.69 Å². The van der Waals surface area contributed by atoms with Crippen LogP contribution in [-0.2, 0) is 25.7 Å². The zero-order valence-electron chi connectivity index (χ0n) is 24.9. The normalized spacial score (nSPS) is 26.9. The van der Waals surface area contributed by atoms with Gasteiger partial charge in [-0.3, -0.25) is 14.4 Å². The molecule has 6 atom stereocenters. The number of fused-ring (bicyclic) bond motifs is 1. The molecule has 44 heavy (non-hydrogen) atoms. The number of anilines is 1. The number of unbranched alkanes of at least 4 members (excludes halogenated alkanes) is 1. The number of benzene rings is 2. The fraction of sp³-hybridized carbons (Fsp3) is 0.441. The topological polar surface area (TPSA) is 90.4 Å². The van der Waals surface area contributed by atoms with Gasteiger partial charge in [-0.1, -0.05) is 82.1 Å². The summed E-state index contributed by atoms with van der Waals surface area (Å²) in [7, 11) is 0. The number of nitrogens with zero attached hydrogens (tertiary/aromatic N) is 3. The summed E-state index contributed by atoms with van der Waals surface area (Å²) in [6.45, 7) is 10.7. The standard InChI is InChI=1S/C34H39BrClN3O5/c1-4-16-37(21-23-13-7-6-8-14-23)31(41)26-27-32(42)39(18-9-10-19-40)30(34(27)20-24(35)29(26)44-34)33(43)38(17-5-2)28-22(3)12-11-15-25(28)36/h4-8,11-15,24,26-27,29-30,40H,1-2,9-10,16-21H2,3H3/t24?,26-,27-,29-,30?,34?/m0/s1. The van der Waals surface area contributed by atoms with Gasteiger partial charge in [-0.25, -0.2) is 0 Å². The molecule has 3 saturated heterocycles. The molecular formula is C34H39BrClN3O5. The second-order valence-corrected chi connectivity index (χ2v) is 13.3. The number of hydrogen-bond acceptors (Lipinski definition) is 5. The minimum Gasteiger partial charge on any atom is -0.396 e. The molecule has 1 spiro atoms. The summed E-state index contributed by atoms with van der Waals surface area (Å²) in [5.41, 5.74) is 1.11. The highest BCUT2D eigenvalue weighted by Gasteiger charge is 2.76. The van der Waals surface area contributed by atoms with Gasteiger partial charge in [0.25, 0.3) is 5.91 Å². The average Bonchev–Trinajstić information content (AvgIpc) is 3.59. The number of aliphatic hydroxyl groups is 1. The first-order chi connectivity index (χ1) is 21.2. The van der Waals surface area contributed by atoms with Crippen LogP contribution in [0.25, 0.3) is 0 Å². The van der Waals surface area contributed by atoms with E-state index in [0.29, 0.717) is 43.1 Å². The summed E-state index contributed by atoms with van der Waals surface area (Å²) in [4.78, 5) is 48.3. The predicted octanol–water partition coefficient (Wildman–Crippen LogP) is 4.90. The Morgan fingerprint density at radius 2 is 1.84 bits per heavy atom. The van der Waals surface area contributed by atoms with Crippen LogP contribution in [0.15, 0.2) is 73.8 Å². The third kappa shape index (κ3) is 5.64. The molecule has 3 unspecified atom stereocenters. The maximum atomic E-state index is 14.8. The number of para-hydroxylation sites is 1. The molecule has 3 aliphatic rings. The van der Waals surface area contributed by atoms with Gasteiger partial charge in [0, 0.05) is 37.6 Å². The van der Waals surface area contributed by atoms with E-state index in [-0.39, 0.29) is 42.2 Å². The molecule has 3 heterocycles. The summed E-state index contributed by atoms with van der Waals surface area (Å²) in [6, 6.07) is 14.1. The molecule has 8 nitrogen and oxygen atoms in total. The van der Waals surface area contributed by atoms with Gasteiger partial charge in [-0.05, 0) is 43.4 Å². The van der Waals surface area contributed by atoms with Crippen molar-refractivity contribution in [3.63, 3.8) is 0 Å². The Balaban J connectivity index is 1.57. The number of halogens is 2. The molecule has 3 amide bonds. The molecule has 234 valence electrons. The molecule has 2 aromatic rings. The van der Waals surface area contributed by atoms with E-state index in [0.717, 1.165) is 11.1 Å². The minimum absolute atomic E-state index is 0.0320. The van der Waals surface area contributed by atoms with Crippen LogP contribution >= 0.6 is 27.5 Å². The van der Waals surface area contributed by atoms with Crippen LogP contribution in [0.1, 0.15) is 30.4 Å². The fourth-order valence-corrected chi connectivity index (χ4v) is 8.53. The van der Waals surface area contributed by atoms with Gasteiger partial charge >= 0.3 is 0 Å². The molecule has 0 radical (unpaired) electrons. The molecule has 1 N–H and O–H groups in total. The van der Waals surface area contributed by atoms with Gasteiger partial charge in [0.2, 0.25) is 11.8 Å². The lowest BCUT2D eigenvalue weighted by Gasteiger charge is -2.38. The van der Waals surface area contributed by atoms with E-state index in [9.17, 15) is 19.5 Å².